The minimum absolute atomic E-state index is 0.938. The number of carboxylic acids is 3. The summed E-state index contributed by atoms with van der Waals surface area (Å²) < 4.78 is 18.8. The SMILES string of the molecule is CS(N)(=O)=O.O=C(O)CC(O)(CC(=O)O)C(=O)O. The van der Waals surface area contributed by atoms with Gasteiger partial charge in [0.2, 0.25) is 10.0 Å². The van der Waals surface area contributed by atoms with Crippen LogP contribution in [0.1, 0.15) is 12.8 Å². The van der Waals surface area contributed by atoms with Crippen LogP contribution in [0.2, 0.25) is 0 Å². The molecule has 0 aliphatic rings. The van der Waals surface area contributed by atoms with E-state index in [4.69, 9.17) is 20.4 Å². The van der Waals surface area contributed by atoms with Crippen LogP contribution in [0.15, 0.2) is 0 Å². The molecule has 0 spiro atoms. The van der Waals surface area contributed by atoms with Gasteiger partial charge in [0, 0.05) is 0 Å². The van der Waals surface area contributed by atoms with Crippen molar-refractivity contribution in [2.75, 3.05) is 6.26 Å². The Labute approximate surface area is 102 Å². The molecule has 0 fully saturated rings. The van der Waals surface area contributed by atoms with Crippen molar-refractivity contribution >= 4 is 27.9 Å². The highest BCUT2D eigenvalue weighted by Gasteiger charge is 2.40. The molecule has 10 nitrogen and oxygen atoms in total. The Hall–Kier alpha value is -1.72. The van der Waals surface area contributed by atoms with Crippen molar-refractivity contribution in [2.45, 2.75) is 18.4 Å². The van der Waals surface area contributed by atoms with Gasteiger partial charge in [0.1, 0.15) is 0 Å². The summed E-state index contributed by atoms with van der Waals surface area (Å²) in [6.07, 6.45) is -1.35. The number of aliphatic carboxylic acids is 3. The predicted molar refractivity (Wildman–Crippen MR) is 56.1 cm³/mol. The van der Waals surface area contributed by atoms with Gasteiger partial charge in [-0.05, 0) is 0 Å². The smallest absolute Gasteiger partial charge is 0.336 e. The van der Waals surface area contributed by atoms with Gasteiger partial charge < -0.3 is 20.4 Å². The second-order valence-corrected chi connectivity index (χ2v) is 4.97. The number of carbonyl (C=O) groups is 3. The Balaban J connectivity index is 0. The number of rotatable bonds is 5. The molecule has 0 rings (SSSR count). The van der Waals surface area contributed by atoms with Crippen LogP contribution in [-0.4, -0.2) is 58.6 Å². The van der Waals surface area contributed by atoms with Crippen molar-refractivity contribution in [2.24, 2.45) is 5.14 Å². The van der Waals surface area contributed by atoms with E-state index in [0.717, 1.165) is 6.26 Å². The summed E-state index contributed by atoms with van der Waals surface area (Å²) in [6, 6.07) is 0. The van der Waals surface area contributed by atoms with Crippen LogP contribution in [-0.2, 0) is 24.4 Å². The lowest BCUT2D eigenvalue weighted by Crippen LogP contribution is -2.42. The molecule has 0 unspecified atom stereocenters. The lowest BCUT2D eigenvalue weighted by Gasteiger charge is -2.18. The van der Waals surface area contributed by atoms with Crippen molar-refractivity contribution in [1.29, 1.82) is 0 Å². The lowest BCUT2D eigenvalue weighted by atomic mass is 9.96. The van der Waals surface area contributed by atoms with Gasteiger partial charge in [-0.25, -0.2) is 18.4 Å². The molecule has 0 atom stereocenters. The molecule has 0 saturated heterocycles. The number of nitrogens with two attached hydrogens (primary N) is 1. The fourth-order valence-corrected chi connectivity index (χ4v) is 0.714. The molecule has 0 aromatic carbocycles. The van der Waals surface area contributed by atoms with Crippen molar-refractivity contribution in [1.82, 2.24) is 0 Å². The number of hydrogen-bond donors (Lipinski definition) is 5. The molecule has 18 heavy (non-hydrogen) atoms. The highest BCUT2D eigenvalue weighted by atomic mass is 32.2. The summed E-state index contributed by atoms with van der Waals surface area (Å²) in [6.45, 7) is 0. The van der Waals surface area contributed by atoms with Gasteiger partial charge in [0.05, 0.1) is 19.1 Å². The van der Waals surface area contributed by atoms with E-state index in [2.05, 4.69) is 5.14 Å². The molecule has 0 aromatic rings. The molecule has 0 bridgehead atoms. The van der Waals surface area contributed by atoms with Crippen LogP contribution in [0, 0.1) is 0 Å². The molecule has 0 aliphatic heterocycles. The zero-order valence-electron chi connectivity index (χ0n) is 9.23. The van der Waals surface area contributed by atoms with E-state index < -0.39 is 46.4 Å². The van der Waals surface area contributed by atoms with Crippen molar-refractivity contribution in [3.63, 3.8) is 0 Å². The average molecular weight is 287 g/mol. The van der Waals surface area contributed by atoms with Gasteiger partial charge in [-0.15, -0.1) is 0 Å². The Bertz CT molecular complexity index is 402. The Kier molecular flexibility index (Phi) is 7.13. The average Bonchev–Trinajstić information content (AvgIpc) is 1.95. The van der Waals surface area contributed by atoms with Gasteiger partial charge >= 0.3 is 17.9 Å². The molecule has 0 heterocycles. The quantitative estimate of drug-likeness (QED) is 0.368. The molecule has 0 aliphatic carbocycles. The van der Waals surface area contributed by atoms with E-state index in [1.54, 1.807) is 0 Å². The van der Waals surface area contributed by atoms with Gasteiger partial charge in [0.25, 0.3) is 0 Å². The first kappa shape index (κ1) is 18.6. The Morgan fingerprint density at radius 2 is 1.28 bits per heavy atom. The van der Waals surface area contributed by atoms with E-state index in [0.29, 0.717) is 0 Å². The maximum absolute atomic E-state index is 10.3. The normalized spacial score (nSPS) is 11.1. The van der Waals surface area contributed by atoms with E-state index >= 15 is 0 Å². The van der Waals surface area contributed by atoms with Crippen molar-refractivity contribution < 1.29 is 43.2 Å². The van der Waals surface area contributed by atoms with E-state index in [1.807, 2.05) is 0 Å². The van der Waals surface area contributed by atoms with Crippen LogP contribution in [0.5, 0.6) is 0 Å². The first-order chi connectivity index (χ1) is 7.78. The summed E-state index contributed by atoms with van der Waals surface area (Å²) in [4.78, 5) is 30.5. The fraction of sp³-hybridized carbons (Fsp3) is 0.571. The molecule has 0 aromatic heterocycles. The largest absolute Gasteiger partial charge is 0.481 e. The first-order valence-corrected chi connectivity index (χ1v) is 6.10. The van der Waals surface area contributed by atoms with E-state index in [9.17, 15) is 22.8 Å². The van der Waals surface area contributed by atoms with Crippen LogP contribution >= 0.6 is 0 Å². The highest BCUT2D eigenvalue weighted by Crippen LogP contribution is 2.15. The highest BCUT2D eigenvalue weighted by molar-refractivity contribution is 7.88. The van der Waals surface area contributed by atoms with E-state index in [-0.39, 0.29) is 0 Å². The predicted octanol–water partition coefficient (Wildman–Crippen LogP) is -2.34. The molecule has 0 radical (unpaired) electrons. The Morgan fingerprint density at radius 3 is 1.39 bits per heavy atom. The number of hydrogen-bond acceptors (Lipinski definition) is 6. The summed E-state index contributed by atoms with van der Waals surface area (Å²) in [5.74, 6) is -5.02. The van der Waals surface area contributed by atoms with Crippen LogP contribution < -0.4 is 5.14 Å². The maximum Gasteiger partial charge on any atom is 0.336 e. The molecule has 106 valence electrons. The second-order valence-electron chi connectivity index (χ2n) is 3.31. The number of sulfonamides is 1. The number of primary sulfonamides is 1. The standard InChI is InChI=1S/C6H8O7.CH5NO2S/c7-3(8)1-6(13,5(11)12)2-4(9)10;1-5(2,3)4/h13H,1-2H2,(H,7,8)(H,9,10)(H,11,12);1H3,(H2,2,3,4). The minimum Gasteiger partial charge on any atom is -0.481 e. The summed E-state index contributed by atoms with van der Waals surface area (Å²) >= 11 is 0. The number of carboxylic acid groups (broad SMARTS) is 3. The van der Waals surface area contributed by atoms with Crippen LogP contribution in [0.25, 0.3) is 0 Å². The van der Waals surface area contributed by atoms with Crippen molar-refractivity contribution in [3.8, 4) is 0 Å². The summed E-state index contributed by atoms with van der Waals surface area (Å²) in [5.41, 5.74) is -2.74. The number of aliphatic hydroxyl groups is 1. The molecule has 0 amide bonds. The third-order valence-electron chi connectivity index (χ3n) is 1.29. The van der Waals surface area contributed by atoms with E-state index in [1.165, 1.54) is 0 Å². The first-order valence-electron chi connectivity index (χ1n) is 4.15. The lowest BCUT2D eigenvalue weighted by molar-refractivity contribution is -0.170. The zero-order chi connectivity index (χ0) is 15.1. The van der Waals surface area contributed by atoms with Crippen LogP contribution in [0.4, 0.5) is 0 Å². The third-order valence-corrected chi connectivity index (χ3v) is 1.29. The minimum atomic E-state index is -3.17. The summed E-state index contributed by atoms with van der Waals surface area (Å²) in [7, 11) is -3.17. The molecule has 11 heteroatoms. The van der Waals surface area contributed by atoms with Gasteiger partial charge in [0.15, 0.2) is 5.60 Å². The molecular weight excluding hydrogens is 274 g/mol. The molecule has 0 saturated carbocycles. The second kappa shape index (κ2) is 6.88. The van der Waals surface area contributed by atoms with Gasteiger partial charge in [-0.1, -0.05) is 0 Å². The summed E-state index contributed by atoms with van der Waals surface area (Å²) in [5, 5.41) is 38.1. The fourth-order valence-electron chi connectivity index (χ4n) is 0.714. The topological polar surface area (TPSA) is 192 Å². The molecule has 6 N–H and O–H groups in total. The van der Waals surface area contributed by atoms with Gasteiger partial charge in [-0.3, -0.25) is 9.59 Å². The van der Waals surface area contributed by atoms with Crippen molar-refractivity contribution in [3.05, 3.63) is 0 Å². The van der Waals surface area contributed by atoms with Crippen LogP contribution in [0.3, 0.4) is 0 Å². The third kappa shape index (κ3) is 12.4. The zero-order valence-corrected chi connectivity index (χ0v) is 10.0. The monoisotopic (exact) mass is 287 g/mol. The molecular formula is C7H13NO9S. The van der Waals surface area contributed by atoms with Gasteiger partial charge in [-0.2, -0.15) is 0 Å². The Morgan fingerprint density at radius 1 is 1.06 bits per heavy atom. The maximum atomic E-state index is 10.3.